The molecule has 2 aromatic heterocycles. The van der Waals surface area contributed by atoms with Gasteiger partial charge in [-0.1, -0.05) is 12.1 Å². The first-order valence-electron chi connectivity index (χ1n) is 4.84. The number of hydrogen-bond acceptors (Lipinski definition) is 2. The third-order valence-corrected chi connectivity index (χ3v) is 2.62. The van der Waals surface area contributed by atoms with Crippen molar-refractivity contribution < 1.29 is 5.11 Å². The molecule has 0 saturated heterocycles. The van der Waals surface area contributed by atoms with Crippen molar-refractivity contribution in [2.24, 2.45) is 0 Å². The number of fused-ring (bicyclic) bond motifs is 3. The van der Waals surface area contributed by atoms with Crippen molar-refractivity contribution in [3.05, 3.63) is 48.3 Å². The fourth-order valence-corrected chi connectivity index (χ4v) is 1.84. The van der Waals surface area contributed by atoms with Crippen LogP contribution in [0.2, 0.25) is 0 Å². The standard InChI is InChI=1S/C12H10N2O/c15-8-9-1-2-10-3-4-12-13-5-6-14(12)11(10)7-9/h1-7,15H,8H2. The van der Waals surface area contributed by atoms with Gasteiger partial charge < -0.3 is 5.11 Å². The van der Waals surface area contributed by atoms with E-state index in [1.807, 2.05) is 40.9 Å². The Labute approximate surface area is 86.6 Å². The van der Waals surface area contributed by atoms with Crippen molar-refractivity contribution >= 4 is 16.6 Å². The molecule has 15 heavy (non-hydrogen) atoms. The van der Waals surface area contributed by atoms with Gasteiger partial charge in [-0.2, -0.15) is 0 Å². The molecule has 0 aliphatic heterocycles. The predicted octanol–water partition coefficient (Wildman–Crippen LogP) is 1.98. The topological polar surface area (TPSA) is 37.5 Å². The van der Waals surface area contributed by atoms with Crippen molar-refractivity contribution in [3.8, 4) is 0 Å². The zero-order valence-corrected chi connectivity index (χ0v) is 8.09. The second kappa shape index (κ2) is 3.07. The first-order chi connectivity index (χ1) is 7.38. The minimum absolute atomic E-state index is 0.0705. The maximum atomic E-state index is 9.09. The summed E-state index contributed by atoms with van der Waals surface area (Å²) < 4.78 is 2.02. The number of aliphatic hydroxyl groups is 1. The average Bonchev–Trinajstić information content (AvgIpc) is 2.76. The van der Waals surface area contributed by atoms with Gasteiger partial charge in [-0.15, -0.1) is 0 Å². The van der Waals surface area contributed by atoms with Crippen LogP contribution in [0.1, 0.15) is 5.56 Å². The Morgan fingerprint density at radius 2 is 2.07 bits per heavy atom. The fourth-order valence-electron chi connectivity index (χ4n) is 1.84. The predicted molar refractivity (Wildman–Crippen MR) is 58.6 cm³/mol. The van der Waals surface area contributed by atoms with Gasteiger partial charge >= 0.3 is 0 Å². The number of pyridine rings is 1. The number of rotatable bonds is 1. The molecule has 0 radical (unpaired) electrons. The van der Waals surface area contributed by atoms with E-state index >= 15 is 0 Å². The molecule has 1 N–H and O–H groups in total. The van der Waals surface area contributed by atoms with E-state index < -0.39 is 0 Å². The van der Waals surface area contributed by atoms with E-state index in [-0.39, 0.29) is 6.61 Å². The minimum atomic E-state index is 0.0705. The van der Waals surface area contributed by atoms with Gasteiger partial charge in [0.15, 0.2) is 0 Å². The highest BCUT2D eigenvalue weighted by Gasteiger charge is 2.00. The molecule has 0 fully saturated rings. The summed E-state index contributed by atoms with van der Waals surface area (Å²) in [7, 11) is 0. The van der Waals surface area contributed by atoms with Gasteiger partial charge in [0.05, 0.1) is 12.1 Å². The average molecular weight is 198 g/mol. The van der Waals surface area contributed by atoms with E-state index in [1.54, 1.807) is 6.20 Å². The number of aliphatic hydroxyl groups excluding tert-OH is 1. The number of hydrogen-bond donors (Lipinski definition) is 1. The molecule has 74 valence electrons. The van der Waals surface area contributed by atoms with Gasteiger partial charge in [0.1, 0.15) is 5.65 Å². The van der Waals surface area contributed by atoms with Crippen molar-refractivity contribution in [2.75, 3.05) is 0 Å². The summed E-state index contributed by atoms with van der Waals surface area (Å²) >= 11 is 0. The highest BCUT2D eigenvalue weighted by Crippen LogP contribution is 2.17. The van der Waals surface area contributed by atoms with Crippen LogP contribution >= 0.6 is 0 Å². The molecule has 0 aliphatic rings. The second-order valence-electron chi connectivity index (χ2n) is 3.54. The molecule has 0 saturated carbocycles. The molecular formula is C12H10N2O. The Kier molecular flexibility index (Phi) is 1.73. The van der Waals surface area contributed by atoms with E-state index in [1.165, 1.54) is 0 Å². The summed E-state index contributed by atoms with van der Waals surface area (Å²) in [6.45, 7) is 0.0705. The van der Waals surface area contributed by atoms with Crippen LogP contribution in [0, 0.1) is 0 Å². The van der Waals surface area contributed by atoms with Crippen molar-refractivity contribution in [2.45, 2.75) is 6.61 Å². The molecule has 3 aromatic rings. The molecule has 0 spiro atoms. The third-order valence-electron chi connectivity index (χ3n) is 2.62. The smallest absolute Gasteiger partial charge is 0.137 e. The second-order valence-corrected chi connectivity index (χ2v) is 3.54. The lowest BCUT2D eigenvalue weighted by molar-refractivity contribution is 0.282. The highest BCUT2D eigenvalue weighted by molar-refractivity contribution is 5.82. The van der Waals surface area contributed by atoms with Crippen LogP contribution in [0.5, 0.6) is 0 Å². The van der Waals surface area contributed by atoms with E-state index in [2.05, 4.69) is 4.98 Å². The molecule has 0 bridgehead atoms. The summed E-state index contributed by atoms with van der Waals surface area (Å²) in [6.07, 6.45) is 3.71. The van der Waals surface area contributed by atoms with Crippen LogP contribution in [-0.2, 0) is 6.61 Å². The van der Waals surface area contributed by atoms with Gasteiger partial charge in [-0.3, -0.25) is 4.40 Å². The van der Waals surface area contributed by atoms with Crippen molar-refractivity contribution in [1.29, 1.82) is 0 Å². The Bertz CT molecular complexity index is 628. The Morgan fingerprint density at radius 3 is 2.93 bits per heavy atom. The maximum absolute atomic E-state index is 9.09. The van der Waals surface area contributed by atoms with Crippen molar-refractivity contribution in [1.82, 2.24) is 9.38 Å². The number of benzene rings is 1. The van der Waals surface area contributed by atoms with Gasteiger partial charge in [-0.05, 0) is 29.1 Å². The molecule has 0 amide bonds. The van der Waals surface area contributed by atoms with Crippen LogP contribution in [0.3, 0.4) is 0 Å². The van der Waals surface area contributed by atoms with Gasteiger partial charge in [0.2, 0.25) is 0 Å². The molecule has 3 rings (SSSR count). The SMILES string of the molecule is OCc1ccc2ccc3nccn3c2c1. The molecule has 3 heteroatoms. The minimum Gasteiger partial charge on any atom is -0.392 e. The van der Waals surface area contributed by atoms with Gasteiger partial charge in [0.25, 0.3) is 0 Å². The zero-order chi connectivity index (χ0) is 10.3. The fraction of sp³-hybridized carbons (Fsp3) is 0.0833. The monoisotopic (exact) mass is 198 g/mol. The summed E-state index contributed by atoms with van der Waals surface area (Å²) in [5, 5.41) is 10.2. The van der Waals surface area contributed by atoms with Crippen LogP contribution in [0.25, 0.3) is 16.6 Å². The first-order valence-corrected chi connectivity index (χ1v) is 4.84. The van der Waals surface area contributed by atoms with Crippen molar-refractivity contribution in [3.63, 3.8) is 0 Å². The van der Waals surface area contributed by atoms with E-state index in [0.717, 1.165) is 22.1 Å². The molecule has 1 aromatic carbocycles. The molecule has 0 unspecified atom stereocenters. The lowest BCUT2D eigenvalue weighted by Crippen LogP contribution is -1.89. The summed E-state index contributed by atoms with van der Waals surface area (Å²) in [6, 6.07) is 9.97. The van der Waals surface area contributed by atoms with E-state index in [9.17, 15) is 0 Å². The Balaban J connectivity index is 2.48. The molecule has 2 heterocycles. The largest absolute Gasteiger partial charge is 0.392 e. The molecule has 0 aliphatic carbocycles. The van der Waals surface area contributed by atoms with E-state index in [4.69, 9.17) is 5.11 Å². The summed E-state index contributed by atoms with van der Waals surface area (Å²) in [5.41, 5.74) is 2.93. The Hall–Kier alpha value is -1.87. The molecular weight excluding hydrogens is 188 g/mol. The van der Waals surface area contributed by atoms with E-state index in [0.29, 0.717) is 0 Å². The highest BCUT2D eigenvalue weighted by atomic mass is 16.3. The summed E-state index contributed by atoms with van der Waals surface area (Å²) in [5.74, 6) is 0. The van der Waals surface area contributed by atoms with Crippen LogP contribution in [0.4, 0.5) is 0 Å². The van der Waals surface area contributed by atoms with Crippen LogP contribution in [0.15, 0.2) is 42.7 Å². The maximum Gasteiger partial charge on any atom is 0.137 e. The van der Waals surface area contributed by atoms with Crippen LogP contribution in [-0.4, -0.2) is 14.5 Å². The Morgan fingerprint density at radius 1 is 1.20 bits per heavy atom. The lowest BCUT2D eigenvalue weighted by atomic mass is 10.1. The normalized spacial score (nSPS) is 11.3. The molecule has 3 nitrogen and oxygen atoms in total. The quantitative estimate of drug-likeness (QED) is 0.649. The number of aromatic nitrogens is 2. The van der Waals surface area contributed by atoms with Gasteiger partial charge in [0, 0.05) is 12.4 Å². The van der Waals surface area contributed by atoms with Crippen LogP contribution < -0.4 is 0 Å². The number of imidazole rings is 1. The number of nitrogens with zero attached hydrogens (tertiary/aromatic N) is 2. The van der Waals surface area contributed by atoms with Gasteiger partial charge in [-0.25, -0.2) is 4.98 Å². The lowest BCUT2D eigenvalue weighted by Gasteiger charge is -2.03. The first kappa shape index (κ1) is 8.44. The third kappa shape index (κ3) is 1.21. The molecule has 0 atom stereocenters. The summed E-state index contributed by atoms with van der Waals surface area (Å²) in [4.78, 5) is 4.22. The zero-order valence-electron chi connectivity index (χ0n) is 8.09.